The molecule has 0 bridgehead atoms. The molecule has 0 aliphatic heterocycles. The van der Waals surface area contributed by atoms with Crippen molar-refractivity contribution < 1.29 is 0 Å². The van der Waals surface area contributed by atoms with Gasteiger partial charge in [-0.25, -0.2) is 0 Å². The summed E-state index contributed by atoms with van der Waals surface area (Å²) in [4.78, 5) is 0. The molecule has 0 aromatic heterocycles. The highest BCUT2D eigenvalue weighted by atomic mass is 14.8. The van der Waals surface area contributed by atoms with Crippen LogP contribution in [-0.4, -0.2) is 7.05 Å². The lowest BCUT2D eigenvalue weighted by atomic mass is 10.00. The molecule has 0 amide bonds. The minimum atomic E-state index is 1.18. The van der Waals surface area contributed by atoms with Gasteiger partial charge in [-0.15, -0.1) is 0 Å². The molecule has 2 rings (SSSR count). The van der Waals surface area contributed by atoms with E-state index < -0.39 is 0 Å². The molecule has 1 heteroatoms. The van der Waals surface area contributed by atoms with E-state index >= 15 is 0 Å². The van der Waals surface area contributed by atoms with Gasteiger partial charge in [0.1, 0.15) is 0 Å². The molecular formula is C15H17N. The van der Waals surface area contributed by atoms with E-state index in [9.17, 15) is 0 Å². The Bertz CT molecular complexity index is 501. The summed E-state index contributed by atoms with van der Waals surface area (Å²) >= 11 is 0. The van der Waals surface area contributed by atoms with Crippen molar-refractivity contribution in [3.05, 3.63) is 53.6 Å². The van der Waals surface area contributed by atoms with Gasteiger partial charge in [-0.2, -0.15) is 0 Å². The molecule has 0 radical (unpaired) electrons. The maximum atomic E-state index is 3.24. The molecule has 0 aliphatic rings. The number of nitrogens with one attached hydrogen (secondary N) is 1. The molecule has 0 saturated heterocycles. The second kappa shape index (κ2) is 4.40. The summed E-state index contributed by atoms with van der Waals surface area (Å²) in [6, 6.07) is 15.1. The molecule has 16 heavy (non-hydrogen) atoms. The van der Waals surface area contributed by atoms with Crippen LogP contribution in [-0.2, 0) is 0 Å². The van der Waals surface area contributed by atoms with E-state index in [0.29, 0.717) is 0 Å². The van der Waals surface area contributed by atoms with Gasteiger partial charge < -0.3 is 5.32 Å². The minimum absolute atomic E-state index is 1.18. The first-order chi connectivity index (χ1) is 7.70. The SMILES string of the molecule is CNc1ccc(C)cc1-c1cccc(C)c1. The average molecular weight is 211 g/mol. The summed E-state index contributed by atoms with van der Waals surface area (Å²) < 4.78 is 0. The Balaban J connectivity index is 2.58. The van der Waals surface area contributed by atoms with Gasteiger partial charge in [0.05, 0.1) is 0 Å². The van der Waals surface area contributed by atoms with Crippen LogP contribution in [0, 0.1) is 13.8 Å². The molecule has 0 aliphatic carbocycles. The van der Waals surface area contributed by atoms with Gasteiger partial charge in [0, 0.05) is 18.3 Å². The largest absolute Gasteiger partial charge is 0.388 e. The highest BCUT2D eigenvalue weighted by Gasteiger charge is 2.04. The molecule has 2 aromatic carbocycles. The van der Waals surface area contributed by atoms with Crippen LogP contribution in [0.25, 0.3) is 11.1 Å². The van der Waals surface area contributed by atoms with E-state index in [1.165, 1.54) is 27.9 Å². The first kappa shape index (κ1) is 10.7. The number of aryl methyl sites for hydroxylation is 2. The zero-order chi connectivity index (χ0) is 11.5. The second-order valence-electron chi connectivity index (χ2n) is 4.17. The monoisotopic (exact) mass is 211 g/mol. The standard InChI is InChI=1S/C15H17N/c1-11-5-4-6-13(9-11)14-10-12(2)7-8-15(14)16-3/h4-10,16H,1-3H3. The molecule has 0 fully saturated rings. The number of hydrogen-bond acceptors (Lipinski definition) is 1. The first-order valence-electron chi connectivity index (χ1n) is 5.56. The third kappa shape index (κ3) is 2.08. The number of benzene rings is 2. The van der Waals surface area contributed by atoms with Gasteiger partial charge in [0.15, 0.2) is 0 Å². The maximum absolute atomic E-state index is 3.24. The van der Waals surface area contributed by atoms with E-state index in [0.717, 1.165) is 0 Å². The lowest BCUT2D eigenvalue weighted by Crippen LogP contribution is -1.92. The summed E-state index contributed by atoms with van der Waals surface area (Å²) in [5, 5.41) is 3.24. The Morgan fingerprint density at radius 1 is 0.875 bits per heavy atom. The molecule has 1 nitrogen and oxygen atoms in total. The van der Waals surface area contributed by atoms with E-state index in [1.807, 2.05) is 7.05 Å². The van der Waals surface area contributed by atoms with Crippen molar-refractivity contribution in [3.8, 4) is 11.1 Å². The zero-order valence-electron chi connectivity index (χ0n) is 10.0. The zero-order valence-corrected chi connectivity index (χ0v) is 10.0. The predicted octanol–water partition coefficient (Wildman–Crippen LogP) is 4.01. The number of rotatable bonds is 2. The van der Waals surface area contributed by atoms with Gasteiger partial charge in [-0.1, -0.05) is 41.5 Å². The van der Waals surface area contributed by atoms with Gasteiger partial charge in [-0.05, 0) is 31.5 Å². The normalized spacial score (nSPS) is 10.2. The molecule has 2 aromatic rings. The fourth-order valence-electron chi connectivity index (χ4n) is 1.93. The minimum Gasteiger partial charge on any atom is -0.388 e. The van der Waals surface area contributed by atoms with E-state index in [-0.39, 0.29) is 0 Å². The van der Waals surface area contributed by atoms with Crippen LogP contribution in [0.4, 0.5) is 5.69 Å². The van der Waals surface area contributed by atoms with Crippen LogP contribution in [0.5, 0.6) is 0 Å². The smallest absolute Gasteiger partial charge is 0.0417 e. The van der Waals surface area contributed by atoms with Crippen molar-refractivity contribution in [1.82, 2.24) is 0 Å². The van der Waals surface area contributed by atoms with Crippen molar-refractivity contribution in [2.24, 2.45) is 0 Å². The van der Waals surface area contributed by atoms with Gasteiger partial charge >= 0.3 is 0 Å². The summed E-state index contributed by atoms with van der Waals surface area (Å²) in [5.74, 6) is 0. The molecule has 1 N–H and O–H groups in total. The molecular weight excluding hydrogens is 194 g/mol. The summed E-state index contributed by atoms with van der Waals surface area (Å²) in [6.45, 7) is 4.25. The first-order valence-corrected chi connectivity index (χ1v) is 5.56. The van der Waals surface area contributed by atoms with Gasteiger partial charge in [0.2, 0.25) is 0 Å². The van der Waals surface area contributed by atoms with E-state index in [1.54, 1.807) is 0 Å². The fraction of sp³-hybridized carbons (Fsp3) is 0.200. The Morgan fingerprint density at radius 3 is 2.31 bits per heavy atom. The quantitative estimate of drug-likeness (QED) is 0.791. The Kier molecular flexibility index (Phi) is 2.95. The lowest BCUT2D eigenvalue weighted by Gasteiger charge is -2.11. The highest BCUT2D eigenvalue weighted by molar-refractivity contribution is 5.78. The molecule has 0 atom stereocenters. The highest BCUT2D eigenvalue weighted by Crippen LogP contribution is 2.29. The Hall–Kier alpha value is -1.76. The molecule has 0 heterocycles. The Labute approximate surface area is 97.1 Å². The van der Waals surface area contributed by atoms with Crippen molar-refractivity contribution in [1.29, 1.82) is 0 Å². The van der Waals surface area contributed by atoms with Crippen LogP contribution in [0.3, 0.4) is 0 Å². The molecule has 0 saturated carbocycles. The summed E-state index contributed by atoms with van der Waals surface area (Å²) in [5.41, 5.74) is 6.30. The summed E-state index contributed by atoms with van der Waals surface area (Å²) in [7, 11) is 1.96. The van der Waals surface area contributed by atoms with Gasteiger partial charge in [-0.3, -0.25) is 0 Å². The molecule has 0 spiro atoms. The predicted molar refractivity (Wildman–Crippen MR) is 70.9 cm³/mol. The van der Waals surface area contributed by atoms with E-state index in [4.69, 9.17) is 0 Å². The summed E-state index contributed by atoms with van der Waals surface area (Å²) in [6.07, 6.45) is 0. The molecule has 82 valence electrons. The van der Waals surface area contributed by atoms with Crippen LogP contribution in [0.1, 0.15) is 11.1 Å². The third-order valence-corrected chi connectivity index (χ3v) is 2.77. The molecule has 0 unspecified atom stereocenters. The van der Waals surface area contributed by atoms with Crippen LogP contribution >= 0.6 is 0 Å². The average Bonchev–Trinajstić information content (AvgIpc) is 2.29. The van der Waals surface area contributed by atoms with Crippen molar-refractivity contribution in [3.63, 3.8) is 0 Å². The Morgan fingerprint density at radius 2 is 1.62 bits per heavy atom. The maximum Gasteiger partial charge on any atom is 0.0417 e. The third-order valence-electron chi connectivity index (χ3n) is 2.77. The van der Waals surface area contributed by atoms with Crippen LogP contribution in [0.2, 0.25) is 0 Å². The van der Waals surface area contributed by atoms with Gasteiger partial charge in [0.25, 0.3) is 0 Å². The fourth-order valence-corrected chi connectivity index (χ4v) is 1.93. The van der Waals surface area contributed by atoms with E-state index in [2.05, 4.69) is 61.6 Å². The number of anilines is 1. The number of hydrogen-bond donors (Lipinski definition) is 1. The van der Waals surface area contributed by atoms with Crippen molar-refractivity contribution in [2.45, 2.75) is 13.8 Å². The second-order valence-corrected chi connectivity index (χ2v) is 4.17. The van der Waals surface area contributed by atoms with Crippen molar-refractivity contribution >= 4 is 5.69 Å². The van der Waals surface area contributed by atoms with Crippen LogP contribution in [0.15, 0.2) is 42.5 Å². The topological polar surface area (TPSA) is 12.0 Å². The van der Waals surface area contributed by atoms with Crippen molar-refractivity contribution in [2.75, 3.05) is 12.4 Å². The van der Waals surface area contributed by atoms with Crippen LogP contribution < -0.4 is 5.32 Å². The lowest BCUT2D eigenvalue weighted by molar-refractivity contribution is 1.41.